The number of non-ortho nitro benzene ring substituents is 1. The molecule has 0 fully saturated rings. The van der Waals surface area contributed by atoms with Crippen LogP contribution in [0.1, 0.15) is 11.5 Å². The molecular weight excluding hydrogens is 427 g/mol. The Balaban J connectivity index is 2.40. The van der Waals surface area contributed by atoms with Crippen molar-refractivity contribution in [1.82, 2.24) is 0 Å². The monoisotopic (exact) mass is 437 g/mol. The second-order valence-electron chi connectivity index (χ2n) is 6.10. The first-order valence-corrected chi connectivity index (χ1v) is 9.67. The molecule has 0 bridgehead atoms. The standard InChI is InChI=1S/C15H11ClF3N3O5S/c16-5-7-6-21(14(23)15(17,18)19)12-4-11(22(24)25)9-2-1-8(28(20,26)27)3-10(9)13(7)12/h1-4,7H,5-6H2,(H2,20,26,27). The Bertz CT molecular complexity index is 1120. The number of alkyl halides is 4. The van der Waals surface area contributed by atoms with Gasteiger partial charge in [-0.15, -0.1) is 11.6 Å². The van der Waals surface area contributed by atoms with Gasteiger partial charge in [-0.3, -0.25) is 14.9 Å². The number of anilines is 1. The molecule has 0 saturated carbocycles. The van der Waals surface area contributed by atoms with E-state index in [2.05, 4.69) is 0 Å². The third kappa shape index (κ3) is 3.27. The van der Waals surface area contributed by atoms with Crippen LogP contribution < -0.4 is 10.0 Å². The zero-order chi connectivity index (χ0) is 21.0. The van der Waals surface area contributed by atoms with Crippen LogP contribution >= 0.6 is 11.6 Å². The first kappa shape index (κ1) is 20.3. The molecule has 13 heteroatoms. The maximum atomic E-state index is 13.0. The fourth-order valence-electron chi connectivity index (χ4n) is 3.25. The number of benzene rings is 2. The number of primary sulfonamides is 1. The third-order valence-electron chi connectivity index (χ3n) is 4.41. The quantitative estimate of drug-likeness (QED) is 0.449. The van der Waals surface area contributed by atoms with Gasteiger partial charge in [0, 0.05) is 24.4 Å². The number of nitrogens with two attached hydrogens (primary N) is 1. The van der Waals surface area contributed by atoms with Gasteiger partial charge in [-0.25, -0.2) is 13.6 Å². The van der Waals surface area contributed by atoms with E-state index in [1.54, 1.807) is 0 Å². The molecule has 28 heavy (non-hydrogen) atoms. The number of halogens is 4. The Labute approximate surface area is 160 Å². The van der Waals surface area contributed by atoms with Gasteiger partial charge in [-0.1, -0.05) is 0 Å². The SMILES string of the molecule is NS(=O)(=O)c1ccc2c([N+](=O)[O-])cc3c(c2c1)C(CCl)CN3C(=O)C(F)(F)F. The van der Waals surface area contributed by atoms with Crippen molar-refractivity contribution in [3.05, 3.63) is 39.9 Å². The average Bonchev–Trinajstić information content (AvgIpc) is 2.96. The van der Waals surface area contributed by atoms with E-state index in [0.717, 1.165) is 24.3 Å². The number of nitrogens with zero attached hydrogens (tertiary/aromatic N) is 2. The average molecular weight is 438 g/mol. The molecule has 2 aromatic carbocycles. The minimum atomic E-state index is -5.20. The molecule has 0 aromatic heterocycles. The molecule has 1 aliphatic rings. The van der Waals surface area contributed by atoms with E-state index in [4.69, 9.17) is 16.7 Å². The van der Waals surface area contributed by atoms with Crippen LogP contribution in [0.2, 0.25) is 0 Å². The summed E-state index contributed by atoms with van der Waals surface area (Å²) in [5, 5.41) is 16.5. The number of sulfonamides is 1. The zero-order valence-corrected chi connectivity index (χ0v) is 15.3. The minimum absolute atomic E-state index is 0.00107. The van der Waals surface area contributed by atoms with Crippen molar-refractivity contribution in [2.75, 3.05) is 17.3 Å². The van der Waals surface area contributed by atoms with Gasteiger partial charge < -0.3 is 4.90 Å². The molecule has 150 valence electrons. The number of nitro benzene ring substituents is 1. The van der Waals surface area contributed by atoms with Crippen LogP contribution in [0.5, 0.6) is 0 Å². The minimum Gasteiger partial charge on any atom is -0.303 e. The number of amides is 1. The summed E-state index contributed by atoms with van der Waals surface area (Å²) < 4.78 is 62.2. The van der Waals surface area contributed by atoms with Gasteiger partial charge >= 0.3 is 12.1 Å². The Morgan fingerprint density at radius 3 is 2.46 bits per heavy atom. The predicted molar refractivity (Wildman–Crippen MR) is 93.8 cm³/mol. The van der Waals surface area contributed by atoms with E-state index in [-0.39, 0.29) is 32.8 Å². The Morgan fingerprint density at radius 2 is 1.96 bits per heavy atom. The Morgan fingerprint density at radius 1 is 1.32 bits per heavy atom. The van der Waals surface area contributed by atoms with E-state index in [1.165, 1.54) is 0 Å². The van der Waals surface area contributed by atoms with Crippen molar-refractivity contribution >= 4 is 49.7 Å². The predicted octanol–water partition coefficient (Wildman–Crippen LogP) is 2.63. The number of carbonyl (C=O) groups excluding carboxylic acids is 1. The smallest absolute Gasteiger partial charge is 0.303 e. The normalized spacial score (nSPS) is 17.0. The van der Waals surface area contributed by atoms with Crippen LogP contribution in [0.25, 0.3) is 10.8 Å². The summed E-state index contributed by atoms with van der Waals surface area (Å²) in [6, 6.07) is 4.11. The molecule has 0 radical (unpaired) electrons. The highest BCUT2D eigenvalue weighted by molar-refractivity contribution is 7.89. The topological polar surface area (TPSA) is 124 Å². The molecule has 1 unspecified atom stereocenters. The van der Waals surface area contributed by atoms with Gasteiger partial charge in [0.25, 0.3) is 5.69 Å². The summed E-state index contributed by atoms with van der Waals surface area (Å²) in [5.41, 5.74) is -0.789. The fourth-order valence-corrected chi connectivity index (χ4v) is 4.05. The Kier molecular flexibility index (Phi) is 4.76. The van der Waals surface area contributed by atoms with Gasteiger partial charge in [0.05, 0.1) is 20.9 Å². The van der Waals surface area contributed by atoms with Gasteiger partial charge in [0.1, 0.15) is 0 Å². The van der Waals surface area contributed by atoms with Crippen molar-refractivity contribution in [1.29, 1.82) is 0 Å². The van der Waals surface area contributed by atoms with Crippen LogP contribution in [0.15, 0.2) is 29.2 Å². The maximum Gasteiger partial charge on any atom is 0.471 e. The largest absolute Gasteiger partial charge is 0.471 e. The van der Waals surface area contributed by atoms with Gasteiger partial charge in [-0.05, 0) is 29.1 Å². The molecule has 1 aliphatic heterocycles. The lowest BCUT2D eigenvalue weighted by Crippen LogP contribution is -2.40. The van der Waals surface area contributed by atoms with Gasteiger partial charge in [0.15, 0.2) is 0 Å². The molecule has 8 nitrogen and oxygen atoms in total. The summed E-state index contributed by atoms with van der Waals surface area (Å²) in [6.07, 6.45) is -5.20. The third-order valence-corrected chi connectivity index (χ3v) is 5.69. The number of fused-ring (bicyclic) bond motifs is 3. The van der Waals surface area contributed by atoms with Crippen LogP contribution in [0, 0.1) is 10.1 Å². The van der Waals surface area contributed by atoms with Gasteiger partial charge in [0.2, 0.25) is 10.0 Å². The van der Waals surface area contributed by atoms with Crippen molar-refractivity contribution in [2.45, 2.75) is 17.0 Å². The summed E-state index contributed by atoms with van der Waals surface area (Å²) in [7, 11) is -4.19. The van der Waals surface area contributed by atoms with Crippen LogP contribution in [-0.2, 0) is 14.8 Å². The number of hydrogen-bond donors (Lipinski definition) is 1. The molecule has 2 N–H and O–H groups in total. The summed E-state index contributed by atoms with van der Waals surface area (Å²) >= 11 is 5.86. The molecular formula is C15H11ClF3N3O5S. The van der Waals surface area contributed by atoms with E-state index >= 15 is 0 Å². The lowest BCUT2D eigenvalue weighted by atomic mass is 9.95. The van der Waals surface area contributed by atoms with E-state index in [1.807, 2.05) is 0 Å². The zero-order valence-electron chi connectivity index (χ0n) is 13.7. The maximum absolute atomic E-state index is 13.0. The first-order valence-electron chi connectivity index (χ1n) is 7.58. The lowest BCUT2D eigenvalue weighted by molar-refractivity contribution is -0.383. The second kappa shape index (κ2) is 6.57. The number of hydrogen-bond acceptors (Lipinski definition) is 5. The van der Waals surface area contributed by atoms with E-state index in [9.17, 15) is 36.5 Å². The van der Waals surface area contributed by atoms with Crippen LogP contribution in [-0.4, -0.2) is 37.8 Å². The van der Waals surface area contributed by atoms with Crippen molar-refractivity contribution in [3.63, 3.8) is 0 Å². The summed E-state index contributed by atoms with van der Waals surface area (Å²) in [5.74, 6) is -3.18. The Hall–Kier alpha value is -2.44. The van der Waals surface area contributed by atoms with Gasteiger partial charge in [-0.2, -0.15) is 13.2 Å². The number of carbonyl (C=O) groups is 1. The van der Waals surface area contributed by atoms with E-state index < -0.39 is 45.2 Å². The highest BCUT2D eigenvalue weighted by Gasteiger charge is 2.47. The molecule has 1 amide bonds. The highest BCUT2D eigenvalue weighted by Crippen LogP contribution is 2.46. The van der Waals surface area contributed by atoms with Crippen molar-refractivity contribution in [3.8, 4) is 0 Å². The number of rotatable bonds is 3. The molecule has 1 heterocycles. The lowest BCUT2D eigenvalue weighted by Gasteiger charge is -2.19. The second-order valence-corrected chi connectivity index (χ2v) is 7.97. The fraction of sp³-hybridized carbons (Fsp3) is 0.267. The molecule has 2 aromatic rings. The summed E-state index contributed by atoms with van der Waals surface area (Å²) in [4.78, 5) is 22.4. The molecule has 0 spiro atoms. The molecule has 0 saturated heterocycles. The molecule has 3 rings (SSSR count). The molecule has 1 atom stereocenters. The first-order chi connectivity index (χ1) is 12.9. The summed E-state index contributed by atoms with van der Waals surface area (Å²) in [6.45, 7) is -0.451. The van der Waals surface area contributed by atoms with Crippen molar-refractivity contribution < 1.29 is 31.3 Å². The van der Waals surface area contributed by atoms with E-state index in [0.29, 0.717) is 4.90 Å². The number of nitro groups is 1. The van der Waals surface area contributed by atoms with Crippen molar-refractivity contribution in [2.24, 2.45) is 5.14 Å². The highest BCUT2D eigenvalue weighted by atomic mass is 35.5. The molecule has 0 aliphatic carbocycles. The van der Waals surface area contributed by atoms with Crippen LogP contribution in [0.4, 0.5) is 24.5 Å². The van der Waals surface area contributed by atoms with Crippen LogP contribution in [0.3, 0.4) is 0 Å².